The first-order valence-corrected chi connectivity index (χ1v) is 6.91. The van der Waals surface area contributed by atoms with E-state index in [-0.39, 0.29) is 0 Å². The maximum atomic E-state index is 6.18. The second-order valence-corrected chi connectivity index (χ2v) is 5.24. The molecule has 1 aromatic carbocycles. The Bertz CT molecular complexity index is 571. The van der Waals surface area contributed by atoms with E-state index < -0.39 is 0 Å². The SMILES string of the molecule is COOc1ccc2c(C3CCCCC3)c(N)[nH]c2c1. The van der Waals surface area contributed by atoms with Crippen LogP contribution in [0.5, 0.6) is 5.75 Å². The maximum Gasteiger partial charge on any atom is 0.167 e. The van der Waals surface area contributed by atoms with E-state index in [0.29, 0.717) is 11.7 Å². The third kappa shape index (κ3) is 2.28. The van der Waals surface area contributed by atoms with Gasteiger partial charge < -0.3 is 15.6 Å². The molecule has 0 radical (unpaired) electrons. The van der Waals surface area contributed by atoms with Crippen molar-refractivity contribution >= 4 is 16.7 Å². The average molecular weight is 260 g/mol. The molecule has 1 fully saturated rings. The van der Waals surface area contributed by atoms with Gasteiger partial charge in [0, 0.05) is 17.0 Å². The molecule has 1 heterocycles. The van der Waals surface area contributed by atoms with Crippen LogP contribution in [0.2, 0.25) is 0 Å². The fourth-order valence-electron chi connectivity index (χ4n) is 3.20. The molecule has 0 unspecified atom stereocenters. The maximum absolute atomic E-state index is 6.18. The molecule has 4 nitrogen and oxygen atoms in total. The number of nitrogen functional groups attached to an aromatic ring is 1. The summed E-state index contributed by atoms with van der Waals surface area (Å²) >= 11 is 0. The minimum atomic E-state index is 0.594. The van der Waals surface area contributed by atoms with Crippen molar-refractivity contribution < 1.29 is 9.78 Å². The normalized spacial score (nSPS) is 16.9. The lowest BCUT2D eigenvalue weighted by molar-refractivity contribution is -0.178. The van der Waals surface area contributed by atoms with Crippen LogP contribution in [0.1, 0.15) is 43.6 Å². The molecule has 1 aliphatic rings. The number of nitrogens with one attached hydrogen (secondary N) is 1. The fraction of sp³-hybridized carbons (Fsp3) is 0.467. The number of fused-ring (bicyclic) bond motifs is 1. The molecule has 0 saturated heterocycles. The summed E-state index contributed by atoms with van der Waals surface area (Å²) in [6.45, 7) is 0. The van der Waals surface area contributed by atoms with Crippen molar-refractivity contribution in [1.29, 1.82) is 0 Å². The molecule has 3 rings (SSSR count). The summed E-state index contributed by atoms with van der Waals surface area (Å²) in [5.41, 5.74) is 8.49. The summed E-state index contributed by atoms with van der Waals surface area (Å²) in [4.78, 5) is 13.0. The van der Waals surface area contributed by atoms with E-state index in [0.717, 1.165) is 11.3 Å². The standard InChI is InChI=1S/C15H20N2O2/c1-18-19-11-7-8-12-13(9-11)17-15(16)14(12)10-5-3-2-4-6-10/h7-10,17H,2-6,16H2,1H3. The van der Waals surface area contributed by atoms with Gasteiger partial charge in [-0.05, 0) is 30.9 Å². The molecule has 19 heavy (non-hydrogen) atoms. The molecule has 0 spiro atoms. The van der Waals surface area contributed by atoms with E-state index in [1.807, 2.05) is 12.1 Å². The molecular weight excluding hydrogens is 240 g/mol. The van der Waals surface area contributed by atoms with Crippen LogP contribution in [0, 0.1) is 0 Å². The summed E-state index contributed by atoms with van der Waals surface area (Å²) in [5.74, 6) is 2.08. The summed E-state index contributed by atoms with van der Waals surface area (Å²) < 4.78 is 0. The molecule has 3 N–H and O–H groups in total. The Labute approximate surface area is 112 Å². The number of benzene rings is 1. The number of anilines is 1. The second kappa shape index (κ2) is 5.13. The Balaban J connectivity index is 2.01. The van der Waals surface area contributed by atoms with Crippen LogP contribution in [0.3, 0.4) is 0 Å². The summed E-state index contributed by atoms with van der Waals surface area (Å²) in [5, 5.41) is 1.22. The highest BCUT2D eigenvalue weighted by Crippen LogP contribution is 2.40. The number of hydrogen-bond acceptors (Lipinski definition) is 3. The molecule has 0 atom stereocenters. The van der Waals surface area contributed by atoms with Crippen molar-refractivity contribution in [2.24, 2.45) is 0 Å². The van der Waals surface area contributed by atoms with Crippen LogP contribution in [0.15, 0.2) is 18.2 Å². The molecule has 1 saturated carbocycles. The van der Waals surface area contributed by atoms with Gasteiger partial charge in [0.1, 0.15) is 5.82 Å². The minimum Gasteiger partial charge on any atom is -0.385 e. The van der Waals surface area contributed by atoms with Crippen LogP contribution in [-0.4, -0.2) is 12.1 Å². The molecule has 0 bridgehead atoms. The van der Waals surface area contributed by atoms with Crippen molar-refractivity contribution in [3.63, 3.8) is 0 Å². The Kier molecular flexibility index (Phi) is 3.34. The zero-order chi connectivity index (χ0) is 13.2. The second-order valence-electron chi connectivity index (χ2n) is 5.24. The van der Waals surface area contributed by atoms with E-state index in [9.17, 15) is 0 Å². The zero-order valence-corrected chi connectivity index (χ0v) is 11.2. The van der Waals surface area contributed by atoms with Crippen molar-refractivity contribution in [2.45, 2.75) is 38.0 Å². The van der Waals surface area contributed by atoms with Crippen molar-refractivity contribution in [1.82, 2.24) is 4.98 Å². The lowest BCUT2D eigenvalue weighted by atomic mass is 9.83. The number of nitrogens with two attached hydrogens (primary N) is 1. The predicted octanol–water partition coefficient (Wildman–Crippen LogP) is 3.74. The van der Waals surface area contributed by atoms with E-state index >= 15 is 0 Å². The number of aromatic nitrogens is 1. The van der Waals surface area contributed by atoms with Crippen molar-refractivity contribution in [3.8, 4) is 5.75 Å². The summed E-state index contributed by atoms with van der Waals surface area (Å²) in [6, 6.07) is 5.92. The highest BCUT2D eigenvalue weighted by Gasteiger charge is 2.21. The van der Waals surface area contributed by atoms with Gasteiger partial charge in [-0.15, -0.1) is 0 Å². The molecule has 1 aliphatic carbocycles. The van der Waals surface area contributed by atoms with Gasteiger partial charge in [-0.3, -0.25) is 0 Å². The predicted molar refractivity (Wildman–Crippen MR) is 76.2 cm³/mol. The van der Waals surface area contributed by atoms with Crippen LogP contribution >= 0.6 is 0 Å². The molecular formula is C15H20N2O2. The van der Waals surface area contributed by atoms with Gasteiger partial charge in [0.15, 0.2) is 5.75 Å². The van der Waals surface area contributed by atoms with Crippen LogP contribution in [0.25, 0.3) is 10.9 Å². The van der Waals surface area contributed by atoms with Gasteiger partial charge >= 0.3 is 0 Å². The molecule has 2 aromatic rings. The largest absolute Gasteiger partial charge is 0.385 e. The van der Waals surface area contributed by atoms with Gasteiger partial charge in [0.05, 0.1) is 12.6 Å². The van der Waals surface area contributed by atoms with Crippen molar-refractivity contribution in [3.05, 3.63) is 23.8 Å². The zero-order valence-electron chi connectivity index (χ0n) is 11.2. The Morgan fingerprint density at radius 1 is 1.21 bits per heavy atom. The molecule has 0 aliphatic heterocycles. The number of rotatable bonds is 3. The van der Waals surface area contributed by atoms with E-state index in [4.69, 9.17) is 10.6 Å². The third-order valence-electron chi connectivity index (χ3n) is 4.03. The number of aromatic amines is 1. The van der Waals surface area contributed by atoms with E-state index in [2.05, 4.69) is 15.9 Å². The first-order chi connectivity index (χ1) is 9.29. The lowest BCUT2D eigenvalue weighted by Crippen LogP contribution is -2.06. The summed E-state index contributed by atoms with van der Waals surface area (Å²) in [6.07, 6.45) is 6.45. The molecule has 102 valence electrons. The Morgan fingerprint density at radius 3 is 2.74 bits per heavy atom. The number of H-pyrrole nitrogens is 1. The third-order valence-corrected chi connectivity index (χ3v) is 4.03. The Morgan fingerprint density at radius 2 is 2.00 bits per heavy atom. The van der Waals surface area contributed by atoms with Crippen LogP contribution in [-0.2, 0) is 4.89 Å². The van der Waals surface area contributed by atoms with Gasteiger partial charge in [-0.1, -0.05) is 19.3 Å². The molecule has 4 heteroatoms. The number of hydrogen-bond donors (Lipinski definition) is 2. The van der Waals surface area contributed by atoms with Gasteiger partial charge in [0.25, 0.3) is 0 Å². The minimum absolute atomic E-state index is 0.594. The smallest absolute Gasteiger partial charge is 0.167 e. The topological polar surface area (TPSA) is 60.3 Å². The first-order valence-electron chi connectivity index (χ1n) is 6.91. The monoisotopic (exact) mass is 260 g/mol. The first kappa shape index (κ1) is 12.4. The van der Waals surface area contributed by atoms with E-state index in [1.54, 1.807) is 0 Å². The van der Waals surface area contributed by atoms with Gasteiger partial charge in [0.2, 0.25) is 0 Å². The molecule has 0 amide bonds. The summed E-state index contributed by atoms with van der Waals surface area (Å²) in [7, 11) is 1.50. The van der Waals surface area contributed by atoms with Gasteiger partial charge in [-0.25, -0.2) is 0 Å². The van der Waals surface area contributed by atoms with Crippen LogP contribution in [0.4, 0.5) is 5.82 Å². The van der Waals surface area contributed by atoms with Crippen LogP contribution < -0.4 is 10.6 Å². The van der Waals surface area contributed by atoms with Crippen molar-refractivity contribution in [2.75, 3.05) is 12.8 Å². The Hall–Kier alpha value is -1.68. The highest BCUT2D eigenvalue weighted by molar-refractivity contribution is 5.89. The highest BCUT2D eigenvalue weighted by atomic mass is 17.2. The average Bonchev–Trinajstić information content (AvgIpc) is 2.75. The molecule has 1 aromatic heterocycles. The van der Waals surface area contributed by atoms with E-state index in [1.165, 1.54) is 50.2 Å². The lowest BCUT2D eigenvalue weighted by Gasteiger charge is -2.21. The van der Waals surface area contributed by atoms with Gasteiger partial charge in [-0.2, -0.15) is 4.89 Å². The fourth-order valence-corrected chi connectivity index (χ4v) is 3.20. The quantitative estimate of drug-likeness (QED) is 0.653.